The fourth-order valence-electron chi connectivity index (χ4n) is 3.32. The number of nitrogens with zero attached hydrogens (tertiary/aromatic N) is 2. The highest BCUT2D eigenvalue weighted by Crippen LogP contribution is 2.30. The Bertz CT molecular complexity index is 288. The maximum Gasteiger partial charge on any atom is 0.407 e. The number of morpholine rings is 1. The Morgan fingerprint density at radius 2 is 1.88 bits per heavy atom. The number of likely N-dealkylation sites (tertiary alicyclic amines) is 1. The van der Waals surface area contributed by atoms with Crippen LogP contribution in [0.2, 0.25) is 0 Å². The molecule has 3 rings (SSSR count). The van der Waals surface area contributed by atoms with Crippen LogP contribution in [0.5, 0.6) is 0 Å². The molecule has 5 nitrogen and oxygen atoms in total. The second-order valence-electron chi connectivity index (χ2n) is 5.50. The molecular formula is C12H20N2O3. The molecule has 0 unspecified atom stereocenters. The van der Waals surface area contributed by atoms with E-state index in [4.69, 9.17) is 9.84 Å². The van der Waals surface area contributed by atoms with Gasteiger partial charge < -0.3 is 14.7 Å². The van der Waals surface area contributed by atoms with E-state index in [1.807, 2.05) is 0 Å². The Morgan fingerprint density at radius 1 is 1.24 bits per heavy atom. The summed E-state index contributed by atoms with van der Waals surface area (Å²) in [5.41, 5.74) is 0. The first-order valence-corrected chi connectivity index (χ1v) is 6.55. The zero-order chi connectivity index (χ0) is 11.8. The van der Waals surface area contributed by atoms with E-state index < -0.39 is 6.09 Å². The standard InChI is InChI=1S/C12H20N2O3/c15-12(16)13-5-9(6-13)3-4-14-10-1-2-11(14)8-17-7-10/h9-11H,1-8H2,(H,15,16)/t10-,11+. The summed E-state index contributed by atoms with van der Waals surface area (Å²) in [5, 5.41) is 8.76. The Morgan fingerprint density at radius 3 is 2.47 bits per heavy atom. The number of carboxylic acid groups (broad SMARTS) is 1. The topological polar surface area (TPSA) is 53.0 Å². The fourth-order valence-corrected chi connectivity index (χ4v) is 3.32. The van der Waals surface area contributed by atoms with Crippen LogP contribution in [0.15, 0.2) is 0 Å². The van der Waals surface area contributed by atoms with Crippen molar-refractivity contribution >= 4 is 6.09 Å². The lowest BCUT2D eigenvalue weighted by molar-refractivity contribution is -0.0207. The third kappa shape index (κ3) is 2.13. The van der Waals surface area contributed by atoms with Crippen LogP contribution in [0.3, 0.4) is 0 Å². The zero-order valence-corrected chi connectivity index (χ0v) is 10.0. The van der Waals surface area contributed by atoms with Gasteiger partial charge in [-0.1, -0.05) is 0 Å². The van der Waals surface area contributed by atoms with Crippen molar-refractivity contribution in [2.24, 2.45) is 5.92 Å². The monoisotopic (exact) mass is 240 g/mol. The van der Waals surface area contributed by atoms with Gasteiger partial charge in [-0.3, -0.25) is 4.90 Å². The van der Waals surface area contributed by atoms with Gasteiger partial charge in [0.2, 0.25) is 0 Å². The molecule has 1 amide bonds. The number of amides is 1. The average Bonchev–Trinajstić information content (AvgIpc) is 2.46. The summed E-state index contributed by atoms with van der Waals surface area (Å²) in [5.74, 6) is 0.577. The van der Waals surface area contributed by atoms with Crippen molar-refractivity contribution in [1.82, 2.24) is 9.80 Å². The van der Waals surface area contributed by atoms with Crippen LogP contribution in [0, 0.1) is 5.92 Å². The molecule has 0 aromatic carbocycles. The maximum absolute atomic E-state index is 10.6. The Balaban J connectivity index is 1.42. The lowest BCUT2D eigenvalue weighted by Gasteiger charge is -2.40. The smallest absolute Gasteiger partial charge is 0.407 e. The molecule has 0 aromatic heterocycles. The van der Waals surface area contributed by atoms with Gasteiger partial charge in [-0.2, -0.15) is 0 Å². The number of hydrogen-bond donors (Lipinski definition) is 1. The summed E-state index contributed by atoms with van der Waals surface area (Å²) in [6, 6.07) is 1.26. The van der Waals surface area contributed by atoms with Crippen LogP contribution < -0.4 is 0 Å². The van der Waals surface area contributed by atoms with Gasteiger partial charge in [0.25, 0.3) is 0 Å². The van der Waals surface area contributed by atoms with Crippen molar-refractivity contribution in [3.8, 4) is 0 Å². The second kappa shape index (κ2) is 4.46. The molecule has 17 heavy (non-hydrogen) atoms. The van der Waals surface area contributed by atoms with Crippen molar-refractivity contribution in [3.63, 3.8) is 0 Å². The lowest BCUT2D eigenvalue weighted by Crippen LogP contribution is -2.52. The molecule has 0 radical (unpaired) electrons. The van der Waals surface area contributed by atoms with Crippen LogP contribution in [-0.2, 0) is 4.74 Å². The molecule has 3 aliphatic heterocycles. The van der Waals surface area contributed by atoms with Crippen LogP contribution in [0.4, 0.5) is 4.79 Å². The third-order valence-electron chi connectivity index (χ3n) is 4.41. The Kier molecular flexibility index (Phi) is 2.96. The minimum Gasteiger partial charge on any atom is -0.465 e. The lowest BCUT2D eigenvalue weighted by atomic mass is 9.96. The van der Waals surface area contributed by atoms with Gasteiger partial charge in [0.1, 0.15) is 0 Å². The molecular weight excluding hydrogens is 220 g/mol. The summed E-state index contributed by atoms with van der Waals surface area (Å²) in [7, 11) is 0. The van der Waals surface area contributed by atoms with Gasteiger partial charge in [0.05, 0.1) is 13.2 Å². The number of fused-ring (bicyclic) bond motifs is 2. The first-order valence-electron chi connectivity index (χ1n) is 6.55. The molecule has 0 spiro atoms. The highest BCUT2D eigenvalue weighted by molar-refractivity contribution is 5.65. The molecule has 3 saturated heterocycles. The molecule has 2 bridgehead atoms. The summed E-state index contributed by atoms with van der Waals surface area (Å²) < 4.78 is 5.55. The minimum atomic E-state index is -0.771. The Labute approximate surface area is 101 Å². The van der Waals surface area contributed by atoms with E-state index in [1.54, 1.807) is 0 Å². The van der Waals surface area contributed by atoms with E-state index in [1.165, 1.54) is 17.7 Å². The highest BCUT2D eigenvalue weighted by atomic mass is 16.5. The van der Waals surface area contributed by atoms with E-state index in [-0.39, 0.29) is 0 Å². The normalized spacial score (nSPS) is 33.8. The van der Waals surface area contributed by atoms with Gasteiger partial charge in [-0.05, 0) is 31.7 Å². The predicted molar refractivity (Wildman–Crippen MR) is 62.0 cm³/mol. The number of carbonyl (C=O) groups is 1. The van der Waals surface area contributed by atoms with Crippen LogP contribution >= 0.6 is 0 Å². The quantitative estimate of drug-likeness (QED) is 0.794. The average molecular weight is 240 g/mol. The van der Waals surface area contributed by atoms with Gasteiger partial charge in [0.15, 0.2) is 0 Å². The van der Waals surface area contributed by atoms with Gasteiger partial charge in [0, 0.05) is 25.2 Å². The van der Waals surface area contributed by atoms with E-state index in [0.29, 0.717) is 18.0 Å². The van der Waals surface area contributed by atoms with Crippen molar-refractivity contribution in [1.29, 1.82) is 0 Å². The van der Waals surface area contributed by atoms with Gasteiger partial charge in [-0.25, -0.2) is 4.79 Å². The molecule has 3 heterocycles. The minimum absolute atomic E-state index is 0.577. The molecule has 1 N–H and O–H groups in total. The van der Waals surface area contributed by atoms with E-state index in [9.17, 15) is 4.79 Å². The van der Waals surface area contributed by atoms with E-state index >= 15 is 0 Å². The van der Waals surface area contributed by atoms with Gasteiger partial charge >= 0.3 is 6.09 Å². The Hall–Kier alpha value is -0.810. The fraction of sp³-hybridized carbons (Fsp3) is 0.917. The van der Waals surface area contributed by atoms with E-state index in [0.717, 1.165) is 39.3 Å². The first-order chi connectivity index (χ1) is 8.24. The summed E-state index contributed by atoms with van der Waals surface area (Å²) in [6.45, 7) is 4.37. The molecule has 0 saturated carbocycles. The first kappa shape index (κ1) is 11.3. The van der Waals surface area contributed by atoms with Gasteiger partial charge in [-0.15, -0.1) is 0 Å². The van der Waals surface area contributed by atoms with E-state index in [2.05, 4.69) is 4.90 Å². The molecule has 3 aliphatic rings. The maximum atomic E-state index is 10.6. The second-order valence-corrected chi connectivity index (χ2v) is 5.50. The summed E-state index contributed by atoms with van der Waals surface area (Å²) >= 11 is 0. The van der Waals surface area contributed by atoms with Crippen molar-refractivity contribution in [2.75, 3.05) is 32.8 Å². The van der Waals surface area contributed by atoms with Crippen molar-refractivity contribution in [2.45, 2.75) is 31.3 Å². The van der Waals surface area contributed by atoms with Crippen LogP contribution in [-0.4, -0.2) is 65.9 Å². The third-order valence-corrected chi connectivity index (χ3v) is 4.41. The molecule has 3 fully saturated rings. The number of rotatable bonds is 3. The molecule has 2 atom stereocenters. The molecule has 0 aliphatic carbocycles. The van der Waals surface area contributed by atoms with Crippen molar-refractivity contribution < 1.29 is 14.6 Å². The number of ether oxygens (including phenoxy) is 1. The summed E-state index contributed by atoms with van der Waals surface area (Å²) in [4.78, 5) is 14.7. The SMILES string of the molecule is O=C(O)N1CC(CCN2[C@@H]3CC[C@H]2COC3)C1. The van der Waals surface area contributed by atoms with Crippen LogP contribution in [0.1, 0.15) is 19.3 Å². The molecule has 5 heteroatoms. The number of hydrogen-bond acceptors (Lipinski definition) is 3. The van der Waals surface area contributed by atoms with Crippen LogP contribution in [0.25, 0.3) is 0 Å². The zero-order valence-electron chi connectivity index (χ0n) is 10.0. The summed E-state index contributed by atoms with van der Waals surface area (Å²) in [6.07, 6.45) is 2.91. The largest absolute Gasteiger partial charge is 0.465 e. The highest BCUT2D eigenvalue weighted by Gasteiger charge is 2.38. The van der Waals surface area contributed by atoms with Crippen molar-refractivity contribution in [3.05, 3.63) is 0 Å². The molecule has 96 valence electrons. The predicted octanol–water partition coefficient (Wildman–Crippen LogP) is 0.850. The molecule has 0 aromatic rings.